The van der Waals surface area contributed by atoms with Crippen LogP contribution in [0.5, 0.6) is 0 Å². The second-order valence-corrected chi connectivity index (χ2v) is 5.17. The number of nitrogens with one attached hydrogen (secondary N) is 1. The SMILES string of the molecule is C[C@@H](N)C(=O)N1CCC(NC(=O)C2CC2)CC1. The van der Waals surface area contributed by atoms with Crippen LogP contribution < -0.4 is 11.1 Å². The Kier molecular flexibility index (Phi) is 3.66. The molecule has 0 unspecified atom stereocenters. The van der Waals surface area contributed by atoms with Gasteiger partial charge in [-0.3, -0.25) is 9.59 Å². The third-order valence-electron chi connectivity index (χ3n) is 3.49. The Labute approximate surface area is 102 Å². The van der Waals surface area contributed by atoms with Gasteiger partial charge in [0, 0.05) is 25.0 Å². The van der Waals surface area contributed by atoms with Gasteiger partial charge in [-0.1, -0.05) is 0 Å². The highest BCUT2D eigenvalue weighted by molar-refractivity contribution is 5.82. The Balaban J connectivity index is 1.73. The van der Waals surface area contributed by atoms with Crippen LogP contribution in [0, 0.1) is 5.92 Å². The Hall–Kier alpha value is -1.10. The Morgan fingerprint density at radius 1 is 1.24 bits per heavy atom. The fourth-order valence-corrected chi connectivity index (χ4v) is 2.20. The minimum absolute atomic E-state index is 0.0111. The fourth-order valence-electron chi connectivity index (χ4n) is 2.20. The van der Waals surface area contributed by atoms with E-state index in [4.69, 9.17) is 5.73 Å². The van der Waals surface area contributed by atoms with E-state index in [1.54, 1.807) is 11.8 Å². The summed E-state index contributed by atoms with van der Waals surface area (Å²) < 4.78 is 0. The zero-order valence-electron chi connectivity index (χ0n) is 10.3. The van der Waals surface area contributed by atoms with E-state index in [1.807, 2.05) is 0 Å². The summed E-state index contributed by atoms with van der Waals surface area (Å²) in [6.45, 7) is 3.12. The summed E-state index contributed by atoms with van der Waals surface area (Å²) in [5.74, 6) is 0.470. The lowest BCUT2D eigenvalue weighted by Crippen LogP contribution is -2.50. The molecule has 5 heteroatoms. The van der Waals surface area contributed by atoms with Crippen LogP contribution in [0.25, 0.3) is 0 Å². The normalized spacial score (nSPS) is 23.3. The monoisotopic (exact) mass is 239 g/mol. The zero-order valence-corrected chi connectivity index (χ0v) is 10.3. The molecule has 1 atom stereocenters. The number of nitrogens with zero attached hydrogens (tertiary/aromatic N) is 1. The predicted molar refractivity (Wildman–Crippen MR) is 64.1 cm³/mol. The number of carbonyl (C=O) groups is 2. The van der Waals surface area contributed by atoms with E-state index in [0.29, 0.717) is 13.1 Å². The molecule has 2 fully saturated rings. The second kappa shape index (κ2) is 5.04. The number of amides is 2. The number of carbonyl (C=O) groups excluding carboxylic acids is 2. The average molecular weight is 239 g/mol. The molecule has 1 saturated heterocycles. The van der Waals surface area contributed by atoms with Gasteiger partial charge in [-0.15, -0.1) is 0 Å². The van der Waals surface area contributed by atoms with Gasteiger partial charge in [0.15, 0.2) is 0 Å². The highest BCUT2D eigenvalue weighted by atomic mass is 16.2. The molecule has 1 aliphatic carbocycles. The van der Waals surface area contributed by atoms with Crippen LogP contribution in [-0.4, -0.2) is 41.9 Å². The van der Waals surface area contributed by atoms with Crippen molar-refractivity contribution >= 4 is 11.8 Å². The standard InChI is InChI=1S/C12H21N3O2/c1-8(13)12(17)15-6-4-10(5-7-15)14-11(16)9-2-3-9/h8-10H,2-7,13H2,1H3,(H,14,16)/t8-/m1/s1. The number of rotatable bonds is 3. The third-order valence-corrected chi connectivity index (χ3v) is 3.49. The molecule has 0 aromatic heterocycles. The topological polar surface area (TPSA) is 75.4 Å². The van der Waals surface area contributed by atoms with Crippen LogP contribution in [0.3, 0.4) is 0 Å². The molecule has 1 saturated carbocycles. The van der Waals surface area contributed by atoms with Crippen molar-refractivity contribution in [1.82, 2.24) is 10.2 Å². The van der Waals surface area contributed by atoms with Gasteiger partial charge in [-0.2, -0.15) is 0 Å². The van der Waals surface area contributed by atoms with Crippen molar-refractivity contribution in [2.24, 2.45) is 11.7 Å². The maximum absolute atomic E-state index is 11.7. The molecule has 2 amide bonds. The summed E-state index contributed by atoms with van der Waals surface area (Å²) in [7, 11) is 0. The Morgan fingerprint density at radius 2 is 1.82 bits per heavy atom. The largest absolute Gasteiger partial charge is 0.353 e. The average Bonchev–Trinajstić information content (AvgIpc) is 3.12. The van der Waals surface area contributed by atoms with Gasteiger partial charge in [-0.25, -0.2) is 0 Å². The summed E-state index contributed by atoms with van der Waals surface area (Å²) in [6.07, 6.45) is 3.76. The summed E-state index contributed by atoms with van der Waals surface area (Å²) in [5, 5.41) is 3.06. The van der Waals surface area contributed by atoms with Crippen molar-refractivity contribution in [3.8, 4) is 0 Å². The summed E-state index contributed by atoms with van der Waals surface area (Å²) in [5.41, 5.74) is 5.57. The highest BCUT2D eigenvalue weighted by Crippen LogP contribution is 2.29. The molecular weight excluding hydrogens is 218 g/mol. The molecule has 2 aliphatic rings. The molecule has 0 spiro atoms. The molecular formula is C12H21N3O2. The molecule has 0 aromatic carbocycles. The van der Waals surface area contributed by atoms with E-state index < -0.39 is 6.04 Å². The lowest BCUT2D eigenvalue weighted by atomic mass is 10.0. The maximum Gasteiger partial charge on any atom is 0.239 e. The molecule has 17 heavy (non-hydrogen) atoms. The van der Waals surface area contributed by atoms with Crippen molar-refractivity contribution < 1.29 is 9.59 Å². The van der Waals surface area contributed by atoms with Crippen LogP contribution >= 0.6 is 0 Å². The van der Waals surface area contributed by atoms with E-state index >= 15 is 0 Å². The fraction of sp³-hybridized carbons (Fsp3) is 0.833. The van der Waals surface area contributed by atoms with Crippen LogP contribution in [0.1, 0.15) is 32.6 Å². The van der Waals surface area contributed by atoms with Crippen LogP contribution in [0.15, 0.2) is 0 Å². The Bertz CT molecular complexity index is 305. The van der Waals surface area contributed by atoms with Crippen LogP contribution in [0.2, 0.25) is 0 Å². The minimum Gasteiger partial charge on any atom is -0.353 e. The second-order valence-electron chi connectivity index (χ2n) is 5.17. The van der Waals surface area contributed by atoms with E-state index in [1.165, 1.54) is 0 Å². The van der Waals surface area contributed by atoms with Crippen molar-refractivity contribution in [1.29, 1.82) is 0 Å². The molecule has 1 aliphatic heterocycles. The molecule has 2 rings (SSSR count). The first-order chi connectivity index (χ1) is 8.08. The van der Waals surface area contributed by atoms with Crippen LogP contribution in [-0.2, 0) is 9.59 Å². The number of hydrogen-bond acceptors (Lipinski definition) is 3. The number of nitrogens with two attached hydrogens (primary N) is 1. The van der Waals surface area contributed by atoms with E-state index in [0.717, 1.165) is 25.7 Å². The van der Waals surface area contributed by atoms with Gasteiger partial charge in [-0.05, 0) is 32.6 Å². The van der Waals surface area contributed by atoms with Gasteiger partial charge < -0.3 is 16.0 Å². The Morgan fingerprint density at radius 3 is 2.29 bits per heavy atom. The van der Waals surface area contributed by atoms with Gasteiger partial charge in [0.25, 0.3) is 0 Å². The van der Waals surface area contributed by atoms with E-state index in [-0.39, 0.29) is 23.8 Å². The van der Waals surface area contributed by atoms with Crippen LogP contribution in [0.4, 0.5) is 0 Å². The lowest BCUT2D eigenvalue weighted by molar-refractivity contribution is -0.133. The van der Waals surface area contributed by atoms with Crippen molar-refractivity contribution in [2.45, 2.75) is 44.7 Å². The van der Waals surface area contributed by atoms with Crippen molar-refractivity contribution in [3.63, 3.8) is 0 Å². The molecule has 96 valence electrons. The number of piperidine rings is 1. The van der Waals surface area contributed by atoms with Gasteiger partial charge >= 0.3 is 0 Å². The zero-order chi connectivity index (χ0) is 12.4. The number of likely N-dealkylation sites (tertiary alicyclic amines) is 1. The van der Waals surface area contributed by atoms with Crippen molar-refractivity contribution in [2.75, 3.05) is 13.1 Å². The molecule has 3 N–H and O–H groups in total. The molecule has 0 aromatic rings. The molecule has 0 radical (unpaired) electrons. The number of hydrogen-bond donors (Lipinski definition) is 2. The predicted octanol–water partition coefficient (Wildman–Crippen LogP) is -0.149. The highest BCUT2D eigenvalue weighted by Gasteiger charge is 2.32. The maximum atomic E-state index is 11.7. The first-order valence-corrected chi connectivity index (χ1v) is 6.42. The summed E-state index contributed by atoms with van der Waals surface area (Å²) in [6, 6.07) is -0.187. The minimum atomic E-state index is -0.424. The smallest absolute Gasteiger partial charge is 0.239 e. The molecule has 5 nitrogen and oxygen atoms in total. The quantitative estimate of drug-likeness (QED) is 0.719. The van der Waals surface area contributed by atoms with Gasteiger partial charge in [0.2, 0.25) is 11.8 Å². The lowest BCUT2D eigenvalue weighted by Gasteiger charge is -2.33. The van der Waals surface area contributed by atoms with Crippen molar-refractivity contribution in [3.05, 3.63) is 0 Å². The summed E-state index contributed by atoms with van der Waals surface area (Å²) in [4.78, 5) is 25.0. The molecule has 1 heterocycles. The van der Waals surface area contributed by atoms with Gasteiger partial charge in [0.05, 0.1) is 6.04 Å². The van der Waals surface area contributed by atoms with E-state index in [9.17, 15) is 9.59 Å². The third kappa shape index (κ3) is 3.19. The first kappa shape index (κ1) is 12.4. The van der Waals surface area contributed by atoms with Gasteiger partial charge in [0.1, 0.15) is 0 Å². The summed E-state index contributed by atoms with van der Waals surface area (Å²) >= 11 is 0. The first-order valence-electron chi connectivity index (χ1n) is 6.42. The van der Waals surface area contributed by atoms with E-state index in [2.05, 4.69) is 5.32 Å². The molecule has 0 bridgehead atoms.